The molecule has 0 fully saturated rings. The van der Waals surface area contributed by atoms with Crippen LogP contribution in [0.25, 0.3) is 0 Å². The van der Waals surface area contributed by atoms with Crippen LogP contribution in [-0.4, -0.2) is 10.9 Å². The fourth-order valence-corrected chi connectivity index (χ4v) is 1.73. The lowest BCUT2D eigenvalue weighted by Crippen LogP contribution is -2.12. The first-order chi connectivity index (χ1) is 8.65. The molecule has 1 aliphatic rings. The number of carbonyl (C=O) groups is 1. The van der Waals surface area contributed by atoms with Crippen molar-refractivity contribution in [3.63, 3.8) is 0 Å². The van der Waals surface area contributed by atoms with E-state index in [1.165, 1.54) is 6.20 Å². The van der Waals surface area contributed by atoms with Crippen LogP contribution in [0, 0.1) is 5.92 Å². The van der Waals surface area contributed by atoms with Crippen LogP contribution in [-0.2, 0) is 0 Å². The SMILES string of the molecule is CC1C=CC(Oc2ccnc(C(N)=O)c2)=CCC1. The van der Waals surface area contributed by atoms with E-state index in [2.05, 4.69) is 18.0 Å². The van der Waals surface area contributed by atoms with Crippen molar-refractivity contribution in [1.82, 2.24) is 4.98 Å². The number of hydrogen-bond acceptors (Lipinski definition) is 3. The van der Waals surface area contributed by atoms with Crippen molar-refractivity contribution in [2.75, 3.05) is 0 Å². The number of rotatable bonds is 3. The molecule has 2 N–H and O–H groups in total. The Morgan fingerprint density at radius 1 is 1.56 bits per heavy atom. The van der Waals surface area contributed by atoms with Crippen molar-refractivity contribution in [1.29, 1.82) is 0 Å². The molecule has 1 aromatic rings. The Morgan fingerprint density at radius 3 is 3.17 bits per heavy atom. The van der Waals surface area contributed by atoms with Gasteiger partial charge in [0.25, 0.3) is 5.91 Å². The van der Waals surface area contributed by atoms with Crippen LogP contribution in [0.15, 0.2) is 42.3 Å². The first-order valence-electron chi connectivity index (χ1n) is 5.97. The van der Waals surface area contributed by atoms with Crippen LogP contribution in [0.5, 0.6) is 5.75 Å². The minimum Gasteiger partial charge on any atom is -0.458 e. The number of ether oxygens (including phenoxy) is 1. The fraction of sp³-hybridized carbons (Fsp3) is 0.286. The lowest BCUT2D eigenvalue weighted by atomic mass is 10.1. The summed E-state index contributed by atoms with van der Waals surface area (Å²) in [7, 11) is 0. The van der Waals surface area contributed by atoms with Crippen LogP contribution in [0.4, 0.5) is 0 Å². The predicted octanol–water partition coefficient (Wildman–Crippen LogP) is 2.43. The summed E-state index contributed by atoms with van der Waals surface area (Å²) in [4.78, 5) is 14.9. The Hall–Kier alpha value is -2.10. The van der Waals surface area contributed by atoms with Crippen LogP contribution >= 0.6 is 0 Å². The van der Waals surface area contributed by atoms with Gasteiger partial charge in [0.2, 0.25) is 0 Å². The molecule has 1 amide bonds. The zero-order valence-electron chi connectivity index (χ0n) is 10.3. The quantitative estimate of drug-likeness (QED) is 0.888. The highest BCUT2D eigenvalue weighted by atomic mass is 16.5. The second-order valence-electron chi connectivity index (χ2n) is 4.36. The van der Waals surface area contributed by atoms with E-state index in [-0.39, 0.29) is 5.69 Å². The second-order valence-corrected chi connectivity index (χ2v) is 4.36. The average molecular weight is 244 g/mol. The van der Waals surface area contributed by atoms with Crippen molar-refractivity contribution >= 4 is 5.91 Å². The molecule has 1 aromatic heterocycles. The smallest absolute Gasteiger partial charge is 0.267 e. The number of amides is 1. The Morgan fingerprint density at radius 2 is 2.39 bits per heavy atom. The molecule has 0 saturated carbocycles. The van der Waals surface area contributed by atoms with Gasteiger partial charge in [-0.15, -0.1) is 0 Å². The van der Waals surface area contributed by atoms with Gasteiger partial charge in [-0.1, -0.05) is 13.0 Å². The van der Waals surface area contributed by atoms with Gasteiger partial charge in [-0.2, -0.15) is 0 Å². The lowest BCUT2D eigenvalue weighted by Gasteiger charge is -2.06. The summed E-state index contributed by atoms with van der Waals surface area (Å²) in [5.41, 5.74) is 5.38. The fourth-order valence-electron chi connectivity index (χ4n) is 1.73. The average Bonchev–Trinajstić information content (AvgIpc) is 2.55. The molecule has 4 nitrogen and oxygen atoms in total. The predicted molar refractivity (Wildman–Crippen MR) is 69.0 cm³/mol. The van der Waals surface area contributed by atoms with Crippen LogP contribution in [0.1, 0.15) is 30.3 Å². The summed E-state index contributed by atoms with van der Waals surface area (Å²) >= 11 is 0. The standard InChI is InChI=1S/C14H16N2O2/c1-10-3-2-4-11(6-5-10)18-12-7-8-16-13(9-12)14(15)17/h4-10H,2-3H2,1H3,(H2,15,17). The van der Waals surface area contributed by atoms with E-state index in [4.69, 9.17) is 10.5 Å². The van der Waals surface area contributed by atoms with Crippen molar-refractivity contribution in [3.05, 3.63) is 48.0 Å². The third-order valence-electron chi connectivity index (χ3n) is 2.78. The third kappa shape index (κ3) is 3.20. The molecule has 0 bridgehead atoms. The number of allylic oxidation sites excluding steroid dienone is 3. The van der Waals surface area contributed by atoms with Gasteiger partial charge in [-0.05, 0) is 37.0 Å². The molecule has 94 valence electrons. The molecule has 1 heterocycles. The molecule has 0 aliphatic heterocycles. The zero-order valence-corrected chi connectivity index (χ0v) is 10.3. The van der Waals surface area contributed by atoms with Crippen LogP contribution in [0.2, 0.25) is 0 Å². The summed E-state index contributed by atoms with van der Waals surface area (Å²) in [5.74, 6) is 1.37. The highest BCUT2D eigenvalue weighted by Gasteiger charge is 2.07. The van der Waals surface area contributed by atoms with Gasteiger partial charge in [-0.3, -0.25) is 9.78 Å². The molecule has 1 atom stereocenters. The van der Waals surface area contributed by atoms with Gasteiger partial charge in [0, 0.05) is 12.3 Å². The molecular weight excluding hydrogens is 228 g/mol. The number of aromatic nitrogens is 1. The van der Waals surface area contributed by atoms with E-state index in [0.29, 0.717) is 11.7 Å². The minimum absolute atomic E-state index is 0.207. The number of nitrogens with two attached hydrogens (primary N) is 1. The number of primary amides is 1. The first kappa shape index (κ1) is 12.4. The van der Waals surface area contributed by atoms with Gasteiger partial charge in [0.05, 0.1) is 0 Å². The van der Waals surface area contributed by atoms with Crippen molar-refractivity contribution in [2.45, 2.75) is 19.8 Å². The highest BCUT2D eigenvalue weighted by molar-refractivity contribution is 5.91. The maximum absolute atomic E-state index is 11.0. The largest absolute Gasteiger partial charge is 0.458 e. The lowest BCUT2D eigenvalue weighted by molar-refractivity contribution is 0.0995. The normalized spacial score (nSPS) is 18.9. The minimum atomic E-state index is -0.556. The molecule has 0 radical (unpaired) electrons. The van der Waals surface area contributed by atoms with Crippen molar-refractivity contribution in [2.24, 2.45) is 11.7 Å². The molecule has 18 heavy (non-hydrogen) atoms. The van der Waals surface area contributed by atoms with Gasteiger partial charge < -0.3 is 10.5 Å². The van der Waals surface area contributed by atoms with E-state index >= 15 is 0 Å². The Kier molecular flexibility index (Phi) is 3.77. The highest BCUT2D eigenvalue weighted by Crippen LogP contribution is 2.20. The first-order valence-corrected chi connectivity index (χ1v) is 5.97. The Bertz CT molecular complexity index is 506. The molecule has 0 aromatic carbocycles. The number of hydrogen-bond donors (Lipinski definition) is 1. The van der Waals surface area contributed by atoms with E-state index in [0.717, 1.165) is 18.6 Å². The van der Waals surface area contributed by atoms with Crippen LogP contribution in [0.3, 0.4) is 0 Å². The molecule has 4 heteroatoms. The molecule has 1 aliphatic carbocycles. The van der Waals surface area contributed by atoms with E-state index in [9.17, 15) is 4.79 Å². The summed E-state index contributed by atoms with van der Waals surface area (Å²) in [6, 6.07) is 3.25. The Labute approximate surface area is 106 Å². The number of pyridine rings is 1. The number of nitrogens with zero attached hydrogens (tertiary/aromatic N) is 1. The van der Waals surface area contributed by atoms with Crippen molar-refractivity contribution in [3.8, 4) is 5.75 Å². The summed E-state index contributed by atoms with van der Waals surface area (Å²) < 4.78 is 5.70. The van der Waals surface area contributed by atoms with Gasteiger partial charge >= 0.3 is 0 Å². The summed E-state index contributed by atoms with van der Waals surface area (Å²) in [5, 5.41) is 0. The molecule has 0 spiro atoms. The summed E-state index contributed by atoms with van der Waals surface area (Å²) in [6.45, 7) is 2.17. The van der Waals surface area contributed by atoms with E-state index in [1.807, 2.05) is 12.2 Å². The second kappa shape index (κ2) is 5.49. The van der Waals surface area contributed by atoms with Crippen molar-refractivity contribution < 1.29 is 9.53 Å². The molecular formula is C14H16N2O2. The van der Waals surface area contributed by atoms with Gasteiger partial charge in [-0.25, -0.2) is 0 Å². The van der Waals surface area contributed by atoms with Gasteiger partial charge in [0.1, 0.15) is 17.2 Å². The Balaban J connectivity index is 2.14. The van der Waals surface area contributed by atoms with Crippen LogP contribution < -0.4 is 10.5 Å². The monoisotopic (exact) mass is 244 g/mol. The maximum Gasteiger partial charge on any atom is 0.267 e. The molecule has 1 unspecified atom stereocenters. The number of carbonyl (C=O) groups excluding carboxylic acids is 1. The van der Waals surface area contributed by atoms with E-state index in [1.54, 1.807) is 12.1 Å². The molecule has 2 rings (SSSR count). The molecule has 0 saturated heterocycles. The topological polar surface area (TPSA) is 65.2 Å². The maximum atomic E-state index is 11.0. The van der Waals surface area contributed by atoms with Gasteiger partial charge in [0.15, 0.2) is 0 Å². The zero-order chi connectivity index (χ0) is 13.0. The van der Waals surface area contributed by atoms with E-state index < -0.39 is 5.91 Å². The summed E-state index contributed by atoms with van der Waals surface area (Å²) in [6.07, 6.45) is 9.74. The third-order valence-corrected chi connectivity index (χ3v) is 2.78.